The summed E-state index contributed by atoms with van der Waals surface area (Å²) in [4.78, 5) is 2.32. The van der Waals surface area contributed by atoms with Crippen LogP contribution in [0.2, 0.25) is 0 Å². The van der Waals surface area contributed by atoms with Gasteiger partial charge in [-0.25, -0.2) is 0 Å². The Kier molecular flexibility index (Phi) is 9.22. The Morgan fingerprint density at radius 2 is 0.691 bits per heavy atom. The van der Waals surface area contributed by atoms with E-state index in [1.54, 1.807) is 0 Å². The zero-order valence-corrected chi connectivity index (χ0v) is 30.6. The summed E-state index contributed by atoms with van der Waals surface area (Å²) in [6.07, 6.45) is 0. The van der Waals surface area contributed by atoms with Crippen molar-refractivity contribution >= 4 is 49.8 Å². The summed E-state index contributed by atoms with van der Waals surface area (Å²) in [6.45, 7) is 2.13. The molecule has 1 heterocycles. The number of benzene rings is 9. The zero-order valence-electron chi connectivity index (χ0n) is 30.6. The van der Waals surface area contributed by atoms with Crippen molar-refractivity contribution in [3.8, 4) is 33.4 Å². The van der Waals surface area contributed by atoms with Crippen LogP contribution in [0.5, 0.6) is 0 Å². The molecule has 10 rings (SSSR count). The second-order valence-electron chi connectivity index (χ2n) is 13.9. The fourth-order valence-electron chi connectivity index (χ4n) is 7.27. The number of hydrogen-bond acceptors (Lipinski definition) is 2. The van der Waals surface area contributed by atoms with E-state index in [0.29, 0.717) is 0 Å². The van der Waals surface area contributed by atoms with E-state index in [4.69, 9.17) is 4.42 Å². The van der Waals surface area contributed by atoms with Crippen molar-refractivity contribution in [3.63, 3.8) is 0 Å². The maximum atomic E-state index is 6.05. The average Bonchev–Trinajstić information content (AvgIpc) is 3.64. The minimum atomic E-state index is 0.915. The summed E-state index contributed by atoms with van der Waals surface area (Å²) in [5, 5.41) is 4.91. The Hall–Kier alpha value is -7.16. The van der Waals surface area contributed by atoms with E-state index in [9.17, 15) is 0 Å². The summed E-state index contributed by atoms with van der Waals surface area (Å²) in [5.74, 6) is 0. The van der Waals surface area contributed by atoms with Crippen LogP contribution in [-0.4, -0.2) is 0 Å². The van der Waals surface area contributed by atoms with Crippen LogP contribution >= 0.6 is 0 Å². The van der Waals surface area contributed by atoms with Gasteiger partial charge in [0.1, 0.15) is 11.2 Å². The summed E-state index contributed by atoms with van der Waals surface area (Å²) in [5.41, 5.74) is 13.6. The molecule has 262 valence electrons. The number of furan rings is 1. The van der Waals surface area contributed by atoms with Gasteiger partial charge >= 0.3 is 0 Å². The molecule has 0 aliphatic carbocycles. The molecule has 0 aliphatic rings. The third-order valence-electron chi connectivity index (χ3n) is 10.2. The van der Waals surface area contributed by atoms with E-state index in [0.717, 1.165) is 39.0 Å². The van der Waals surface area contributed by atoms with Crippen LogP contribution in [0.3, 0.4) is 0 Å². The van der Waals surface area contributed by atoms with E-state index < -0.39 is 0 Å². The minimum Gasteiger partial charge on any atom is -0.456 e. The van der Waals surface area contributed by atoms with Crippen molar-refractivity contribution in [2.45, 2.75) is 6.92 Å². The molecule has 0 radical (unpaired) electrons. The van der Waals surface area contributed by atoms with Crippen molar-refractivity contribution < 1.29 is 4.42 Å². The second-order valence-corrected chi connectivity index (χ2v) is 13.9. The molecular formula is C53H39NO. The number of nitrogens with zero attached hydrogens (tertiary/aromatic N) is 1. The lowest BCUT2D eigenvalue weighted by molar-refractivity contribution is 0.669. The Morgan fingerprint density at radius 3 is 1.24 bits per heavy atom. The molecule has 0 saturated heterocycles. The van der Waals surface area contributed by atoms with Crippen LogP contribution in [0.4, 0.5) is 17.1 Å². The number of anilines is 3. The highest BCUT2D eigenvalue weighted by Gasteiger charge is 2.14. The van der Waals surface area contributed by atoms with E-state index in [1.165, 1.54) is 49.7 Å². The fourth-order valence-corrected chi connectivity index (χ4v) is 7.27. The molecule has 0 atom stereocenters. The number of fused-ring (bicyclic) bond motifs is 4. The number of rotatable bonds is 6. The van der Waals surface area contributed by atoms with Crippen molar-refractivity contribution in [3.05, 3.63) is 224 Å². The molecule has 0 bridgehead atoms. The molecule has 10 aromatic rings. The van der Waals surface area contributed by atoms with Gasteiger partial charge in [0, 0.05) is 27.8 Å². The van der Waals surface area contributed by atoms with Gasteiger partial charge in [-0.1, -0.05) is 169 Å². The maximum Gasteiger partial charge on any atom is 0.135 e. The lowest BCUT2D eigenvalue weighted by Gasteiger charge is -2.26. The lowest BCUT2D eigenvalue weighted by Crippen LogP contribution is -2.09. The minimum absolute atomic E-state index is 0.915. The van der Waals surface area contributed by atoms with Crippen LogP contribution in [0.1, 0.15) is 5.56 Å². The molecule has 0 aliphatic heterocycles. The highest BCUT2D eigenvalue weighted by Crippen LogP contribution is 2.38. The smallest absolute Gasteiger partial charge is 0.135 e. The Balaban J connectivity index is 0.000000343. The van der Waals surface area contributed by atoms with Gasteiger partial charge in [-0.2, -0.15) is 0 Å². The normalized spacial score (nSPS) is 11.0. The quantitative estimate of drug-likeness (QED) is 0.171. The van der Waals surface area contributed by atoms with Gasteiger partial charge < -0.3 is 9.32 Å². The topological polar surface area (TPSA) is 16.4 Å². The van der Waals surface area contributed by atoms with Crippen molar-refractivity contribution in [1.82, 2.24) is 0 Å². The summed E-state index contributed by atoms with van der Waals surface area (Å²) in [6, 6.07) is 77.1. The molecular weight excluding hydrogens is 667 g/mol. The molecule has 0 saturated carbocycles. The third-order valence-corrected chi connectivity index (χ3v) is 10.2. The molecule has 0 N–H and O–H groups in total. The first-order valence-corrected chi connectivity index (χ1v) is 18.7. The molecule has 0 unspecified atom stereocenters. The molecule has 55 heavy (non-hydrogen) atoms. The highest BCUT2D eigenvalue weighted by atomic mass is 16.3. The van der Waals surface area contributed by atoms with Gasteiger partial charge in [-0.15, -0.1) is 0 Å². The number of hydrogen-bond donors (Lipinski definition) is 0. The lowest BCUT2D eigenvalue weighted by atomic mass is 10.00. The zero-order chi connectivity index (χ0) is 37.0. The van der Waals surface area contributed by atoms with Gasteiger partial charge in [0.2, 0.25) is 0 Å². The van der Waals surface area contributed by atoms with E-state index in [-0.39, 0.29) is 0 Å². The van der Waals surface area contributed by atoms with Crippen LogP contribution in [0.15, 0.2) is 223 Å². The van der Waals surface area contributed by atoms with Gasteiger partial charge in [-0.05, 0) is 106 Å². The van der Waals surface area contributed by atoms with Crippen molar-refractivity contribution in [1.29, 1.82) is 0 Å². The monoisotopic (exact) mass is 705 g/mol. The summed E-state index contributed by atoms with van der Waals surface area (Å²) in [7, 11) is 0. The van der Waals surface area contributed by atoms with Gasteiger partial charge in [-0.3, -0.25) is 0 Å². The van der Waals surface area contributed by atoms with Gasteiger partial charge in [0.15, 0.2) is 0 Å². The molecule has 0 spiro atoms. The maximum absolute atomic E-state index is 6.05. The van der Waals surface area contributed by atoms with Crippen molar-refractivity contribution in [2.24, 2.45) is 0 Å². The van der Waals surface area contributed by atoms with Gasteiger partial charge in [0.25, 0.3) is 0 Å². The predicted molar refractivity (Wildman–Crippen MR) is 233 cm³/mol. The number of aryl methyl sites for hydroxylation is 1. The Bertz CT molecular complexity index is 2770. The Labute approximate surface area is 322 Å². The predicted octanol–water partition coefficient (Wildman–Crippen LogP) is 15.2. The highest BCUT2D eigenvalue weighted by molar-refractivity contribution is 6.06. The van der Waals surface area contributed by atoms with E-state index in [1.807, 2.05) is 12.1 Å². The first-order chi connectivity index (χ1) is 27.2. The second kappa shape index (κ2) is 15.1. The average molecular weight is 706 g/mol. The molecule has 0 fully saturated rings. The Morgan fingerprint density at radius 1 is 0.309 bits per heavy atom. The molecule has 2 nitrogen and oxygen atoms in total. The molecule has 2 heteroatoms. The van der Waals surface area contributed by atoms with Crippen LogP contribution < -0.4 is 4.90 Å². The number of para-hydroxylation sites is 1. The van der Waals surface area contributed by atoms with Gasteiger partial charge in [0.05, 0.1) is 0 Å². The molecule has 1 aromatic heterocycles. The van der Waals surface area contributed by atoms with Crippen molar-refractivity contribution in [2.75, 3.05) is 4.90 Å². The van der Waals surface area contributed by atoms with Crippen LogP contribution in [0, 0.1) is 6.92 Å². The SMILES string of the molecule is Cc1ccc(N(c2ccc(-c3ccc(-c4ccccc4)cc3)cc2)c2ccc(-c3ccc4oc5ccccc5c4c3)cc2)cc1.c1ccc2ccccc2c1. The fraction of sp³-hybridized carbons (Fsp3) is 0.0189. The van der Waals surface area contributed by atoms with E-state index >= 15 is 0 Å². The molecule has 9 aromatic carbocycles. The molecule has 0 amide bonds. The van der Waals surface area contributed by atoms with Crippen LogP contribution in [-0.2, 0) is 0 Å². The van der Waals surface area contributed by atoms with Crippen LogP contribution in [0.25, 0.3) is 66.1 Å². The summed E-state index contributed by atoms with van der Waals surface area (Å²) < 4.78 is 6.05. The third kappa shape index (κ3) is 7.14. The summed E-state index contributed by atoms with van der Waals surface area (Å²) >= 11 is 0. The largest absolute Gasteiger partial charge is 0.456 e. The first-order valence-electron chi connectivity index (χ1n) is 18.7. The van der Waals surface area contributed by atoms with E-state index in [2.05, 4.69) is 218 Å². The first kappa shape index (κ1) is 33.7. The standard InChI is InChI=1S/C43H31NO.C10H8/c1-30-11-22-37(23-12-30)44(38-24-17-34(18-25-38)33-15-13-32(14-16-33)31-7-3-2-4-8-31)39-26-19-35(20-27-39)36-21-28-43-41(29-36)40-9-5-6-10-42(40)45-43;1-2-6-10-8-4-3-7-9(10)5-1/h2-29H,1H3;1-8H.